The van der Waals surface area contributed by atoms with Gasteiger partial charge in [0.2, 0.25) is 5.91 Å². The molecule has 108 valence electrons. The van der Waals surface area contributed by atoms with Crippen LogP contribution in [-0.2, 0) is 11.2 Å². The number of rotatable bonds is 1. The van der Waals surface area contributed by atoms with E-state index in [0.717, 1.165) is 31.6 Å². The van der Waals surface area contributed by atoms with Crippen LogP contribution in [0.2, 0.25) is 0 Å². The molecule has 1 aromatic heterocycles. The summed E-state index contributed by atoms with van der Waals surface area (Å²) in [6, 6.07) is -0.246. The Morgan fingerprint density at radius 1 is 1.40 bits per heavy atom. The van der Waals surface area contributed by atoms with Gasteiger partial charge in [0.15, 0.2) is 5.13 Å². The Hall–Kier alpha value is -1.63. The van der Waals surface area contributed by atoms with E-state index in [1.807, 2.05) is 4.90 Å². The van der Waals surface area contributed by atoms with E-state index in [1.54, 1.807) is 25.3 Å². The van der Waals surface area contributed by atoms with Crippen LogP contribution in [0.5, 0.6) is 0 Å². The van der Waals surface area contributed by atoms with E-state index in [1.165, 1.54) is 4.88 Å². The molecule has 1 aromatic rings. The third-order valence-corrected chi connectivity index (χ3v) is 5.19. The number of aromatic nitrogens is 1. The molecule has 2 aliphatic rings. The van der Waals surface area contributed by atoms with Crippen molar-refractivity contribution in [1.29, 1.82) is 0 Å². The molecule has 1 saturated heterocycles. The summed E-state index contributed by atoms with van der Waals surface area (Å²) in [6.45, 7) is 3.24. The first kappa shape index (κ1) is 13.4. The van der Waals surface area contributed by atoms with Gasteiger partial charge in [-0.2, -0.15) is 0 Å². The van der Waals surface area contributed by atoms with Gasteiger partial charge >= 0.3 is 6.03 Å². The third-order valence-electron chi connectivity index (χ3n) is 4.01. The Morgan fingerprint density at radius 2 is 2.20 bits per heavy atom. The lowest BCUT2D eigenvalue weighted by molar-refractivity contribution is -0.131. The standard InChI is InChI=1S/C13H18N4O2S/c1-7(18)17-5-8-3-9(6-17)11-10(4-8)15-13(20-11)16-12(19)14-2/h8-9H,3-6H2,1-2H3,(H2,14,15,16,19). The van der Waals surface area contributed by atoms with Gasteiger partial charge in [0, 0.05) is 37.9 Å². The van der Waals surface area contributed by atoms with Crippen molar-refractivity contribution >= 4 is 28.4 Å². The molecule has 1 aliphatic heterocycles. The monoisotopic (exact) mass is 294 g/mol. The van der Waals surface area contributed by atoms with Crippen LogP contribution in [-0.4, -0.2) is 42.0 Å². The molecule has 0 radical (unpaired) electrons. The lowest BCUT2D eigenvalue weighted by Gasteiger charge is -2.40. The molecule has 6 nitrogen and oxygen atoms in total. The number of amides is 3. The fourth-order valence-corrected chi connectivity index (χ4v) is 4.21. The fourth-order valence-electron chi connectivity index (χ4n) is 3.11. The van der Waals surface area contributed by atoms with Crippen molar-refractivity contribution in [2.24, 2.45) is 5.92 Å². The molecule has 0 aromatic carbocycles. The SMILES string of the molecule is CNC(=O)Nc1nc2c(s1)C1CC(C2)CN(C(C)=O)C1. The number of nitrogens with zero attached hydrogens (tertiary/aromatic N) is 2. The number of nitrogens with one attached hydrogen (secondary N) is 2. The number of anilines is 1. The van der Waals surface area contributed by atoms with Gasteiger partial charge in [0.1, 0.15) is 0 Å². The van der Waals surface area contributed by atoms with Crippen LogP contribution in [0.15, 0.2) is 0 Å². The van der Waals surface area contributed by atoms with Crippen LogP contribution >= 0.6 is 11.3 Å². The molecule has 3 amide bonds. The molecule has 2 atom stereocenters. The molecule has 2 bridgehead atoms. The van der Waals surface area contributed by atoms with Gasteiger partial charge in [-0.05, 0) is 18.8 Å². The maximum Gasteiger partial charge on any atom is 0.320 e. The summed E-state index contributed by atoms with van der Waals surface area (Å²) in [5.41, 5.74) is 1.10. The van der Waals surface area contributed by atoms with Crippen LogP contribution in [0.3, 0.4) is 0 Å². The predicted molar refractivity (Wildman–Crippen MR) is 77.0 cm³/mol. The van der Waals surface area contributed by atoms with Gasteiger partial charge in [-0.1, -0.05) is 0 Å². The lowest BCUT2D eigenvalue weighted by atomic mass is 9.79. The molecule has 2 heterocycles. The highest BCUT2D eigenvalue weighted by Crippen LogP contribution is 2.43. The highest BCUT2D eigenvalue weighted by Gasteiger charge is 2.37. The first-order valence-corrected chi connectivity index (χ1v) is 7.62. The average Bonchev–Trinajstić information content (AvgIpc) is 2.80. The molecule has 1 aliphatic carbocycles. The number of carbonyl (C=O) groups is 2. The van der Waals surface area contributed by atoms with Crippen molar-refractivity contribution in [3.8, 4) is 0 Å². The minimum absolute atomic E-state index is 0.149. The second-order valence-corrected chi connectivity index (χ2v) is 6.49. The zero-order valence-electron chi connectivity index (χ0n) is 11.6. The highest BCUT2D eigenvalue weighted by molar-refractivity contribution is 7.16. The molecule has 0 saturated carbocycles. The number of fused-ring (bicyclic) bond motifs is 4. The minimum atomic E-state index is -0.246. The minimum Gasteiger partial charge on any atom is -0.342 e. The third kappa shape index (κ3) is 2.37. The molecule has 0 spiro atoms. The number of hydrogen-bond acceptors (Lipinski definition) is 4. The van der Waals surface area contributed by atoms with Gasteiger partial charge in [-0.25, -0.2) is 9.78 Å². The molecule has 20 heavy (non-hydrogen) atoms. The number of hydrogen-bond donors (Lipinski definition) is 2. The zero-order chi connectivity index (χ0) is 14.3. The van der Waals surface area contributed by atoms with E-state index in [0.29, 0.717) is 17.0 Å². The van der Waals surface area contributed by atoms with Crippen molar-refractivity contribution in [3.05, 3.63) is 10.6 Å². The Kier molecular flexibility index (Phi) is 3.37. The van der Waals surface area contributed by atoms with Gasteiger partial charge in [-0.15, -0.1) is 11.3 Å². The number of carbonyl (C=O) groups excluding carboxylic acids is 2. The number of urea groups is 1. The van der Waals surface area contributed by atoms with E-state index < -0.39 is 0 Å². The highest BCUT2D eigenvalue weighted by atomic mass is 32.1. The normalized spacial score (nSPS) is 24.0. The molecular weight excluding hydrogens is 276 g/mol. The van der Waals surface area contributed by atoms with E-state index in [-0.39, 0.29) is 11.9 Å². The predicted octanol–water partition coefficient (Wildman–Crippen LogP) is 1.40. The van der Waals surface area contributed by atoms with Crippen molar-refractivity contribution in [1.82, 2.24) is 15.2 Å². The van der Waals surface area contributed by atoms with E-state index in [4.69, 9.17) is 0 Å². The summed E-state index contributed by atoms with van der Waals surface area (Å²) < 4.78 is 0. The molecule has 3 rings (SSSR count). The van der Waals surface area contributed by atoms with Crippen molar-refractivity contribution in [3.63, 3.8) is 0 Å². The van der Waals surface area contributed by atoms with Gasteiger partial charge in [0.25, 0.3) is 0 Å². The zero-order valence-corrected chi connectivity index (χ0v) is 12.4. The smallest absolute Gasteiger partial charge is 0.320 e. The van der Waals surface area contributed by atoms with E-state index in [9.17, 15) is 9.59 Å². The van der Waals surface area contributed by atoms with Crippen LogP contribution < -0.4 is 10.6 Å². The number of piperidine rings is 1. The number of thiazole rings is 1. The molecule has 1 fully saturated rings. The maximum atomic E-state index is 11.6. The molecule has 2 unspecified atom stereocenters. The van der Waals surface area contributed by atoms with Gasteiger partial charge < -0.3 is 10.2 Å². The largest absolute Gasteiger partial charge is 0.342 e. The van der Waals surface area contributed by atoms with E-state index in [2.05, 4.69) is 15.6 Å². The maximum absolute atomic E-state index is 11.6. The summed E-state index contributed by atoms with van der Waals surface area (Å²) in [4.78, 5) is 30.6. The summed E-state index contributed by atoms with van der Waals surface area (Å²) >= 11 is 1.54. The Labute approximate surface area is 121 Å². The number of likely N-dealkylation sites (tertiary alicyclic amines) is 1. The van der Waals surface area contributed by atoms with Gasteiger partial charge in [-0.3, -0.25) is 10.1 Å². The quantitative estimate of drug-likeness (QED) is 0.822. The average molecular weight is 294 g/mol. The van der Waals surface area contributed by atoms with Crippen LogP contribution in [0, 0.1) is 5.92 Å². The lowest BCUT2D eigenvalue weighted by Crippen LogP contribution is -2.44. The summed E-state index contributed by atoms with van der Waals surface area (Å²) in [5, 5.41) is 5.91. The van der Waals surface area contributed by atoms with E-state index >= 15 is 0 Å². The van der Waals surface area contributed by atoms with Crippen LogP contribution in [0.4, 0.5) is 9.93 Å². The fraction of sp³-hybridized carbons (Fsp3) is 0.615. The first-order chi connectivity index (χ1) is 9.56. The Bertz CT molecular complexity index is 557. The van der Waals surface area contributed by atoms with Crippen molar-refractivity contribution in [2.75, 3.05) is 25.5 Å². The molecule has 7 heteroatoms. The second kappa shape index (κ2) is 5.05. The first-order valence-electron chi connectivity index (χ1n) is 6.80. The van der Waals surface area contributed by atoms with Crippen molar-refractivity contribution in [2.45, 2.75) is 25.7 Å². The summed E-state index contributed by atoms with van der Waals surface area (Å²) in [7, 11) is 1.58. The van der Waals surface area contributed by atoms with Crippen LogP contribution in [0.1, 0.15) is 29.8 Å². The Morgan fingerprint density at radius 3 is 2.90 bits per heavy atom. The van der Waals surface area contributed by atoms with Gasteiger partial charge in [0.05, 0.1) is 5.69 Å². The van der Waals surface area contributed by atoms with Crippen LogP contribution in [0.25, 0.3) is 0 Å². The topological polar surface area (TPSA) is 74.3 Å². The molecular formula is C13H18N4O2S. The summed E-state index contributed by atoms with van der Waals surface area (Å²) in [6.07, 6.45) is 2.03. The van der Waals surface area contributed by atoms with Crippen molar-refractivity contribution < 1.29 is 9.59 Å². The Balaban J connectivity index is 1.82. The summed E-state index contributed by atoms with van der Waals surface area (Å²) in [5.74, 6) is 1.02. The second-order valence-electron chi connectivity index (χ2n) is 5.46. The molecule has 2 N–H and O–H groups in total.